The fourth-order valence-corrected chi connectivity index (χ4v) is 3.66. The second kappa shape index (κ2) is 8.29. The van der Waals surface area contributed by atoms with Crippen molar-refractivity contribution in [3.05, 3.63) is 51.5 Å². The summed E-state index contributed by atoms with van der Waals surface area (Å²) in [5.74, 6) is -0.529. The second-order valence-electron chi connectivity index (χ2n) is 5.94. The highest BCUT2D eigenvalue weighted by Crippen LogP contribution is 2.34. The average molecular weight is 418 g/mol. The molecule has 0 atom stereocenters. The highest BCUT2D eigenvalue weighted by molar-refractivity contribution is 6.38. The maximum absolute atomic E-state index is 13.2. The van der Waals surface area contributed by atoms with Crippen molar-refractivity contribution in [2.45, 2.75) is 18.9 Å². The molecule has 2 aromatic rings. The molecule has 1 aromatic heterocycles. The van der Waals surface area contributed by atoms with Crippen LogP contribution in [0, 0.1) is 5.82 Å². The Bertz CT molecular complexity index is 792. The van der Waals surface area contributed by atoms with Gasteiger partial charge in [-0.25, -0.2) is 9.18 Å². The molecule has 1 aliphatic rings. The summed E-state index contributed by atoms with van der Waals surface area (Å²) in [5, 5.41) is 6.54. The number of nitrogens with one attached hydrogen (secondary N) is 2. The van der Waals surface area contributed by atoms with Crippen LogP contribution in [0.15, 0.2) is 30.6 Å². The Kier molecular flexibility index (Phi) is 6.06. The number of rotatable bonds is 3. The normalized spacial score (nSPS) is 15.0. The number of nitrogens with zero attached hydrogens (tertiary/aromatic N) is 2. The van der Waals surface area contributed by atoms with E-state index < -0.39 is 5.82 Å². The number of anilines is 2. The Morgan fingerprint density at radius 2 is 1.77 bits per heavy atom. The Morgan fingerprint density at radius 3 is 2.38 bits per heavy atom. The van der Waals surface area contributed by atoms with Crippen LogP contribution in [0.2, 0.25) is 15.1 Å². The van der Waals surface area contributed by atoms with E-state index in [1.165, 1.54) is 18.2 Å². The largest absolute Gasteiger partial charge is 0.369 e. The first-order chi connectivity index (χ1) is 12.4. The predicted octanol–water partition coefficient (Wildman–Crippen LogP) is 4.97. The van der Waals surface area contributed by atoms with E-state index in [0.29, 0.717) is 28.8 Å². The molecule has 26 heavy (non-hydrogen) atoms. The van der Waals surface area contributed by atoms with Crippen LogP contribution >= 0.6 is 34.8 Å². The first-order valence-electron chi connectivity index (χ1n) is 8.00. The summed E-state index contributed by atoms with van der Waals surface area (Å²) in [6, 6.07) is 3.69. The molecule has 138 valence electrons. The molecule has 0 spiro atoms. The standard InChI is InChI=1S/C17H16Cl3FN4O/c18-12-7-11(1-2-15(12)21)24-17(26)23-10-3-5-25(6-4-10)16-13(19)8-22-9-14(16)20/h1-2,7-10H,3-6H2,(H2,23,24,26). The second-order valence-corrected chi connectivity index (χ2v) is 7.16. The number of pyridine rings is 1. The summed E-state index contributed by atoms with van der Waals surface area (Å²) in [7, 11) is 0. The molecule has 1 saturated heterocycles. The third kappa shape index (κ3) is 4.50. The maximum atomic E-state index is 13.2. The molecular formula is C17H16Cl3FN4O. The van der Waals surface area contributed by atoms with E-state index in [-0.39, 0.29) is 17.1 Å². The molecule has 0 aliphatic carbocycles. The molecule has 0 unspecified atom stereocenters. The minimum Gasteiger partial charge on any atom is -0.369 e. The van der Waals surface area contributed by atoms with Crippen molar-refractivity contribution in [1.29, 1.82) is 0 Å². The molecule has 1 aromatic carbocycles. The van der Waals surface area contributed by atoms with Gasteiger partial charge in [-0.15, -0.1) is 0 Å². The molecule has 2 N–H and O–H groups in total. The van der Waals surface area contributed by atoms with E-state index >= 15 is 0 Å². The van der Waals surface area contributed by atoms with Crippen LogP contribution in [0.1, 0.15) is 12.8 Å². The van der Waals surface area contributed by atoms with Crippen molar-refractivity contribution in [3.8, 4) is 0 Å². The quantitative estimate of drug-likeness (QED) is 0.741. The summed E-state index contributed by atoms with van der Waals surface area (Å²) in [6.45, 7) is 1.41. The van der Waals surface area contributed by atoms with Crippen molar-refractivity contribution in [2.24, 2.45) is 0 Å². The summed E-state index contributed by atoms with van der Waals surface area (Å²) in [5.41, 5.74) is 1.20. The zero-order valence-corrected chi connectivity index (χ0v) is 15.9. The Hall–Kier alpha value is -1.76. The van der Waals surface area contributed by atoms with Gasteiger partial charge in [0.1, 0.15) is 5.82 Å². The third-order valence-electron chi connectivity index (χ3n) is 4.15. The van der Waals surface area contributed by atoms with E-state index in [0.717, 1.165) is 18.5 Å². The lowest BCUT2D eigenvalue weighted by Crippen LogP contribution is -2.46. The van der Waals surface area contributed by atoms with Gasteiger partial charge in [-0.2, -0.15) is 0 Å². The topological polar surface area (TPSA) is 57.3 Å². The Balaban J connectivity index is 1.53. The van der Waals surface area contributed by atoms with E-state index in [1.807, 2.05) is 0 Å². The molecule has 3 rings (SSSR count). The highest BCUT2D eigenvalue weighted by atomic mass is 35.5. The van der Waals surface area contributed by atoms with Gasteiger partial charge in [0, 0.05) is 37.2 Å². The van der Waals surface area contributed by atoms with Crippen molar-refractivity contribution >= 4 is 52.2 Å². The SMILES string of the molecule is O=C(Nc1ccc(F)c(Cl)c1)NC1CCN(c2c(Cl)cncc2Cl)CC1. The van der Waals surface area contributed by atoms with Crippen molar-refractivity contribution in [2.75, 3.05) is 23.3 Å². The smallest absolute Gasteiger partial charge is 0.319 e. The lowest BCUT2D eigenvalue weighted by Gasteiger charge is -2.34. The molecule has 0 radical (unpaired) electrons. The lowest BCUT2D eigenvalue weighted by molar-refractivity contribution is 0.246. The zero-order chi connectivity index (χ0) is 18.7. The fourth-order valence-electron chi connectivity index (χ4n) is 2.88. The maximum Gasteiger partial charge on any atom is 0.319 e. The first kappa shape index (κ1) is 19.0. The van der Waals surface area contributed by atoms with Crippen LogP contribution in [0.3, 0.4) is 0 Å². The lowest BCUT2D eigenvalue weighted by atomic mass is 10.0. The number of halogens is 4. The van der Waals surface area contributed by atoms with Gasteiger partial charge in [0.15, 0.2) is 0 Å². The van der Waals surface area contributed by atoms with E-state index in [9.17, 15) is 9.18 Å². The fraction of sp³-hybridized carbons (Fsp3) is 0.294. The summed E-state index contributed by atoms with van der Waals surface area (Å²) >= 11 is 18.1. The van der Waals surface area contributed by atoms with E-state index in [2.05, 4.69) is 20.5 Å². The van der Waals surface area contributed by atoms with Crippen LogP contribution in [-0.4, -0.2) is 30.1 Å². The van der Waals surface area contributed by atoms with Crippen molar-refractivity contribution < 1.29 is 9.18 Å². The Morgan fingerprint density at radius 1 is 1.12 bits per heavy atom. The minimum atomic E-state index is -0.529. The van der Waals surface area contributed by atoms with Crippen LogP contribution in [-0.2, 0) is 0 Å². The number of carbonyl (C=O) groups is 1. The molecule has 0 saturated carbocycles. The van der Waals surface area contributed by atoms with Crippen molar-refractivity contribution in [1.82, 2.24) is 10.3 Å². The number of amides is 2. The van der Waals surface area contributed by atoms with Gasteiger partial charge in [0.05, 0.1) is 20.8 Å². The van der Waals surface area contributed by atoms with Gasteiger partial charge < -0.3 is 15.5 Å². The first-order valence-corrected chi connectivity index (χ1v) is 9.14. The van der Waals surface area contributed by atoms with E-state index in [1.54, 1.807) is 12.4 Å². The number of benzene rings is 1. The molecule has 2 heterocycles. The summed E-state index contributed by atoms with van der Waals surface area (Å²) < 4.78 is 13.2. The van der Waals surface area contributed by atoms with Crippen molar-refractivity contribution in [3.63, 3.8) is 0 Å². The van der Waals surface area contributed by atoms with Crippen LogP contribution in [0.25, 0.3) is 0 Å². The van der Waals surface area contributed by atoms with Crippen LogP contribution in [0.4, 0.5) is 20.6 Å². The highest BCUT2D eigenvalue weighted by Gasteiger charge is 2.23. The van der Waals surface area contributed by atoms with Gasteiger partial charge in [0.2, 0.25) is 0 Å². The molecule has 0 bridgehead atoms. The number of aromatic nitrogens is 1. The predicted molar refractivity (Wildman–Crippen MR) is 103 cm³/mol. The Labute approximate surface area is 165 Å². The summed E-state index contributed by atoms with van der Waals surface area (Å²) in [6.07, 6.45) is 4.61. The van der Waals surface area contributed by atoms with E-state index in [4.69, 9.17) is 34.8 Å². The van der Waals surface area contributed by atoms with Gasteiger partial charge in [-0.3, -0.25) is 4.98 Å². The number of hydrogen-bond acceptors (Lipinski definition) is 3. The molecule has 5 nitrogen and oxygen atoms in total. The van der Waals surface area contributed by atoms with Gasteiger partial charge >= 0.3 is 6.03 Å². The average Bonchev–Trinajstić information content (AvgIpc) is 2.59. The van der Waals surface area contributed by atoms with Crippen LogP contribution < -0.4 is 15.5 Å². The van der Waals surface area contributed by atoms with Gasteiger partial charge in [-0.05, 0) is 31.0 Å². The number of hydrogen-bond donors (Lipinski definition) is 2. The molecular weight excluding hydrogens is 402 g/mol. The monoisotopic (exact) mass is 416 g/mol. The van der Waals surface area contributed by atoms with Gasteiger partial charge in [0.25, 0.3) is 0 Å². The summed E-state index contributed by atoms with van der Waals surface area (Å²) in [4.78, 5) is 18.2. The molecule has 9 heteroatoms. The molecule has 1 fully saturated rings. The molecule has 2 amide bonds. The number of carbonyl (C=O) groups excluding carboxylic acids is 1. The third-order valence-corrected chi connectivity index (χ3v) is 4.99. The van der Waals surface area contributed by atoms with Gasteiger partial charge in [-0.1, -0.05) is 34.8 Å². The number of urea groups is 1. The van der Waals surface area contributed by atoms with Crippen LogP contribution in [0.5, 0.6) is 0 Å². The number of piperidine rings is 1. The minimum absolute atomic E-state index is 0.0153. The zero-order valence-electron chi connectivity index (χ0n) is 13.6. The molecule has 1 aliphatic heterocycles.